The summed E-state index contributed by atoms with van der Waals surface area (Å²) in [7, 11) is 1.45. The van der Waals surface area contributed by atoms with Gasteiger partial charge in [-0.05, 0) is 11.0 Å². The zero-order valence-corrected chi connectivity index (χ0v) is 9.18. The van der Waals surface area contributed by atoms with E-state index in [4.69, 9.17) is 0 Å². The molecule has 0 heterocycles. The molecule has 0 aromatic heterocycles. The van der Waals surface area contributed by atoms with E-state index in [2.05, 4.69) is 0 Å². The number of aromatic hydroxyl groups is 4. The molecule has 0 atom stereocenters. The van der Waals surface area contributed by atoms with E-state index in [1.54, 1.807) is 30.3 Å². The largest absolute Gasteiger partial charge is 0.508 e. The standard InChI is InChI=1S/C12H11BO4/c13-8-9(14)7(6-4-2-1-3-5-6)10(15)12(17)11(8)16/h1-5,14-17H,13H2. The van der Waals surface area contributed by atoms with E-state index in [0.29, 0.717) is 5.56 Å². The first-order valence-corrected chi connectivity index (χ1v) is 5.06. The topological polar surface area (TPSA) is 80.9 Å². The Kier molecular flexibility index (Phi) is 2.59. The molecule has 2 aromatic carbocycles. The first-order valence-electron chi connectivity index (χ1n) is 5.06. The van der Waals surface area contributed by atoms with Crippen molar-refractivity contribution in [2.24, 2.45) is 0 Å². The van der Waals surface area contributed by atoms with Gasteiger partial charge in [0.1, 0.15) is 13.6 Å². The van der Waals surface area contributed by atoms with Crippen LogP contribution in [0.1, 0.15) is 0 Å². The van der Waals surface area contributed by atoms with Crippen molar-refractivity contribution in [3.05, 3.63) is 30.3 Å². The molecule has 0 amide bonds. The number of benzene rings is 2. The van der Waals surface area contributed by atoms with Gasteiger partial charge in [0.15, 0.2) is 11.5 Å². The Labute approximate surface area is 98.8 Å². The Balaban J connectivity index is 2.80. The van der Waals surface area contributed by atoms with Gasteiger partial charge in [0, 0.05) is 0 Å². The Morgan fingerprint density at radius 1 is 0.706 bits per heavy atom. The Morgan fingerprint density at radius 3 is 1.88 bits per heavy atom. The zero-order valence-electron chi connectivity index (χ0n) is 9.18. The number of hydrogen-bond donors (Lipinski definition) is 4. The fraction of sp³-hybridized carbons (Fsp3) is 0. The third kappa shape index (κ3) is 1.65. The summed E-state index contributed by atoms with van der Waals surface area (Å²) in [6.07, 6.45) is 0. The molecule has 0 bridgehead atoms. The summed E-state index contributed by atoms with van der Waals surface area (Å²) in [5.41, 5.74) is 0.790. The van der Waals surface area contributed by atoms with Crippen molar-refractivity contribution in [1.82, 2.24) is 0 Å². The molecule has 0 saturated carbocycles. The van der Waals surface area contributed by atoms with Crippen molar-refractivity contribution in [3.63, 3.8) is 0 Å². The minimum absolute atomic E-state index is 0.110. The summed E-state index contributed by atoms with van der Waals surface area (Å²) in [6.45, 7) is 0. The Hall–Kier alpha value is -2.30. The lowest BCUT2D eigenvalue weighted by Gasteiger charge is -2.13. The highest BCUT2D eigenvalue weighted by Gasteiger charge is 2.21. The zero-order chi connectivity index (χ0) is 12.6. The average Bonchev–Trinajstić information content (AvgIpc) is 2.36. The molecule has 0 spiro atoms. The lowest BCUT2D eigenvalue weighted by molar-refractivity contribution is 0.365. The van der Waals surface area contributed by atoms with Crippen LogP contribution in [0.3, 0.4) is 0 Å². The van der Waals surface area contributed by atoms with Gasteiger partial charge in [-0.25, -0.2) is 0 Å². The van der Waals surface area contributed by atoms with E-state index in [9.17, 15) is 20.4 Å². The third-order valence-corrected chi connectivity index (χ3v) is 2.70. The monoisotopic (exact) mass is 230 g/mol. The number of phenols is 4. The van der Waals surface area contributed by atoms with E-state index < -0.39 is 17.2 Å². The van der Waals surface area contributed by atoms with E-state index in [-0.39, 0.29) is 16.8 Å². The maximum absolute atomic E-state index is 9.91. The van der Waals surface area contributed by atoms with Crippen LogP contribution in [0.15, 0.2) is 30.3 Å². The van der Waals surface area contributed by atoms with Crippen LogP contribution in [0.2, 0.25) is 0 Å². The maximum Gasteiger partial charge on any atom is 0.200 e. The third-order valence-electron chi connectivity index (χ3n) is 2.70. The van der Waals surface area contributed by atoms with Crippen LogP contribution in [0.5, 0.6) is 23.0 Å². The molecule has 0 unspecified atom stereocenters. The van der Waals surface area contributed by atoms with Crippen molar-refractivity contribution >= 4 is 13.3 Å². The van der Waals surface area contributed by atoms with Gasteiger partial charge in [-0.3, -0.25) is 0 Å². The molecular weight excluding hydrogens is 219 g/mol. The Morgan fingerprint density at radius 2 is 1.29 bits per heavy atom. The molecule has 2 rings (SSSR count). The van der Waals surface area contributed by atoms with Crippen LogP contribution in [-0.4, -0.2) is 28.3 Å². The molecule has 86 valence electrons. The second-order valence-corrected chi connectivity index (χ2v) is 3.76. The number of rotatable bonds is 1. The van der Waals surface area contributed by atoms with Crippen LogP contribution >= 0.6 is 0 Å². The van der Waals surface area contributed by atoms with E-state index >= 15 is 0 Å². The van der Waals surface area contributed by atoms with Crippen LogP contribution in [0, 0.1) is 0 Å². The first kappa shape index (κ1) is 11.2. The van der Waals surface area contributed by atoms with Crippen molar-refractivity contribution in [2.45, 2.75) is 0 Å². The van der Waals surface area contributed by atoms with Gasteiger partial charge in [-0.2, -0.15) is 0 Å². The van der Waals surface area contributed by atoms with E-state index in [0.717, 1.165) is 0 Å². The lowest BCUT2D eigenvalue weighted by atomic mass is 9.88. The summed E-state index contributed by atoms with van der Waals surface area (Å²) < 4.78 is 0. The highest BCUT2D eigenvalue weighted by molar-refractivity contribution is 6.37. The quantitative estimate of drug-likeness (QED) is 0.325. The van der Waals surface area contributed by atoms with Crippen molar-refractivity contribution in [2.75, 3.05) is 0 Å². The smallest absolute Gasteiger partial charge is 0.200 e. The second kappa shape index (κ2) is 3.94. The molecule has 0 aliphatic heterocycles. The molecule has 4 nitrogen and oxygen atoms in total. The van der Waals surface area contributed by atoms with E-state index in [1.165, 1.54) is 7.85 Å². The van der Waals surface area contributed by atoms with Crippen LogP contribution in [0.4, 0.5) is 0 Å². The van der Waals surface area contributed by atoms with Gasteiger partial charge in [0.05, 0.1) is 5.56 Å². The second-order valence-electron chi connectivity index (χ2n) is 3.76. The fourth-order valence-corrected chi connectivity index (χ4v) is 1.70. The van der Waals surface area contributed by atoms with Gasteiger partial charge < -0.3 is 20.4 Å². The summed E-state index contributed by atoms with van der Waals surface area (Å²) in [4.78, 5) is 0. The normalized spacial score (nSPS) is 10.4. The highest BCUT2D eigenvalue weighted by Crippen LogP contribution is 2.45. The highest BCUT2D eigenvalue weighted by atomic mass is 16.3. The van der Waals surface area contributed by atoms with Gasteiger partial charge in [-0.15, -0.1) is 0 Å². The average molecular weight is 230 g/mol. The van der Waals surface area contributed by atoms with Crippen LogP contribution < -0.4 is 5.46 Å². The number of hydrogen-bond acceptors (Lipinski definition) is 4. The molecule has 0 fully saturated rings. The van der Waals surface area contributed by atoms with Gasteiger partial charge >= 0.3 is 0 Å². The molecule has 4 N–H and O–H groups in total. The lowest BCUT2D eigenvalue weighted by Crippen LogP contribution is -2.05. The van der Waals surface area contributed by atoms with E-state index in [1.807, 2.05) is 0 Å². The predicted octanol–water partition coefficient (Wildman–Crippen LogP) is 0.434. The molecular formula is C12H11BO4. The molecule has 0 saturated heterocycles. The summed E-state index contributed by atoms with van der Waals surface area (Å²) >= 11 is 0. The summed E-state index contributed by atoms with van der Waals surface area (Å²) in [5.74, 6) is -1.92. The first-order chi connectivity index (χ1) is 8.04. The van der Waals surface area contributed by atoms with Crippen molar-refractivity contribution in [3.8, 4) is 34.1 Å². The molecule has 5 heteroatoms. The van der Waals surface area contributed by atoms with Crippen molar-refractivity contribution in [1.29, 1.82) is 0 Å². The Bertz CT molecular complexity index is 537. The SMILES string of the molecule is Bc1c(O)c(O)c(O)c(-c2ccccc2)c1O. The summed E-state index contributed by atoms with van der Waals surface area (Å²) in [6, 6.07) is 8.65. The molecule has 0 radical (unpaired) electrons. The minimum atomic E-state index is -0.626. The predicted molar refractivity (Wildman–Crippen MR) is 66.7 cm³/mol. The van der Waals surface area contributed by atoms with Crippen LogP contribution in [-0.2, 0) is 0 Å². The van der Waals surface area contributed by atoms with Crippen LogP contribution in [0.25, 0.3) is 11.1 Å². The van der Waals surface area contributed by atoms with Gasteiger partial charge in [-0.1, -0.05) is 30.3 Å². The molecule has 2 aromatic rings. The molecule has 17 heavy (non-hydrogen) atoms. The minimum Gasteiger partial charge on any atom is -0.508 e. The maximum atomic E-state index is 9.91. The van der Waals surface area contributed by atoms with Crippen molar-refractivity contribution < 1.29 is 20.4 Å². The number of phenolic OH excluding ortho intramolecular Hbond substituents is 4. The van der Waals surface area contributed by atoms with Gasteiger partial charge in [0.2, 0.25) is 5.75 Å². The summed E-state index contributed by atoms with van der Waals surface area (Å²) in [5, 5.41) is 38.7. The fourth-order valence-electron chi connectivity index (χ4n) is 1.70. The van der Waals surface area contributed by atoms with Gasteiger partial charge in [0.25, 0.3) is 0 Å². The molecule has 0 aliphatic rings. The molecule has 0 aliphatic carbocycles.